The highest BCUT2D eigenvalue weighted by atomic mass is 127. The average Bonchev–Trinajstić information content (AvgIpc) is 2.79. The molecule has 2 aromatic carbocycles. The van der Waals surface area contributed by atoms with Crippen LogP contribution in [0.3, 0.4) is 0 Å². The highest BCUT2D eigenvalue weighted by Gasteiger charge is 2.37. The summed E-state index contributed by atoms with van der Waals surface area (Å²) < 4.78 is 23.5. The molecule has 1 aliphatic rings. The first-order valence-corrected chi connectivity index (χ1v) is 11.6. The van der Waals surface area contributed by atoms with Gasteiger partial charge in [-0.3, -0.25) is 0 Å². The molecule has 0 aliphatic carbocycles. The molecule has 8 heteroatoms. The summed E-state index contributed by atoms with van der Waals surface area (Å²) in [5.41, 5.74) is 8.06. The molecule has 2 N–H and O–H groups in total. The first kappa shape index (κ1) is 24.5. The Hall–Kier alpha value is -3.19. The SMILES string of the molecule is CCOC(=O)C1=C(C)OC(N)=C(C#N)C1c1cc(I)c(OCc2ccccc2)c(OCC)c1. The molecule has 3 rings (SSSR count). The second-order valence-electron chi connectivity index (χ2n) is 7.15. The zero-order valence-electron chi connectivity index (χ0n) is 18.7. The number of hydrogen-bond acceptors (Lipinski definition) is 7. The summed E-state index contributed by atoms with van der Waals surface area (Å²) in [6, 6.07) is 15.5. The lowest BCUT2D eigenvalue weighted by Crippen LogP contribution is -2.25. The van der Waals surface area contributed by atoms with Gasteiger partial charge in [0, 0.05) is 0 Å². The maximum atomic E-state index is 12.8. The molecule has 2 aromatic rings. The van der Waals surface area contributed by atoms with Gasteiger partial charge >= 0.3 is 5.97 Å². The predicted octanol–water partition coefficient (Wildman–Crippen LogP) is 4.91. The van der Waals surface area contributed by atoms with Crippen molar-refractivity contribution in [2.75, 3.05) is 13.2 Å². The van der Waals surface area contributed by atoms with Gasteiger partial charge in [-0.2, -0.15) is 5.26 Å². The number of ether oxygens (including phenoxy) is 4. The molecule has 0 bridgehead atoms. The van der Waals surface area contributed by atoms with E-state index in [0.717, 1.165) is 9.13 Å². The molecule has 1 atom stereocenters. The van der Waals surface area contributed by atoms with E-state index >= 15 is 0 Å². The molecule has 0 spiro atoms. The fourth-order valence-electron chi connectivity index (χ4n) is 3.58. The van der Waals surface area contributed by atoms with Crippen LogP contribution in [0.1, 0.15) is 37.8 Å². The lowest BCUT2D eigenvalue weighted by molar-refractivity contribution is -0.139. The first-order chi connectivity index (χ1) is 15.9. The monoisotopic (exact) mass is 560 g/mol. The van der Waals surface area contributed by atoms with Crippen molar-refractivity contribution in [3.8, 4) is 17.6 Å². The average molecular weight is 560 g/mol. The number of nitrogens with two attached hydrogens (primary N) is 1. The van der Waals surface area contributed by atoms with Crippen molar-refractivity contribution in [2.45, 2.75) is 33.3 Å². The first-order valence-electron chi connectivity index (χ1n) is 10.5. The van der Waals surface area contributed by atoms with Crippen LogP contribution in [0.5, 0.6) is 11.5 Å². The van der Waals surface area contributed by atoms with Gasteiger partial charge in [-0.1, -0.05) is 30.3 Å². The quantitative estimate of drug-likeness (QED) is 0.361. The number of hydrogen-bond donors (Lipinski definition) is 1. The molecule has 1 unspecified atom stereocenters. The van der Waals surface area contributed by atoms with Gasteiger partial charge in [0.1, 0.15) is 24.0 Å². The van der Waals surface area contributed by atoms with Crippen LogP contribution in [0, 0.1) is 14.9 Å². The molecular weight excluding hydrogens is 535 g/mol. The number of allylic oxidation sites excluding steroid dienone is 2. The van der Waals surface area contributed by atoms with E-state index in [-0.39, 0.29) is 23.6 Å². The molecule has 0 fully saturated rings. The predicted molar refractivity (Wildman–Crippen MR) is 131 cm³/mol. The Bertz CT molecular complexity index is 1140. The van der Waals surface area contributed by atoms with Crippen LogP contribution in [-0.2, 0) is 20.9 Å². The Morgan fingerprint density at radius 2 is 1.91 bits per heavy atom. The Balaban J connectivity index is 2.08. The van der Waals surface area contributed by atoms with Crippen molar-refractivity contribution < 1.29 is 23.7 Å². The van der Waals surface area contributed by atoms with Gasteiger partial charge in [-0.05, 0) is 66.6 Å². The van der Waals surface area contributed by atoms with Crippen LogP contribution in [0.4, 0.5) is 0 Å². The Kier molecular flexibility index (Phi) is 8.22. The molecule has 0 saturated heterocycles. The minimum atomic E-state index is -0.751. The highest BCUT2D eigenvalue weighted by Crippen LogP contribution is 2.44. The summed E-state index contributed by atoms with van der Waals surface area (Å²) >= 11 is 2.16. The minimum absolute atomic E-state index is 0.0366. The zero-order valence-corrected chi connectivity index (χ0v) is 20.8. The van der Waals surface area contributed by atoms with Crippen LogP contribution in [0.25, 0.3) is 0 Å². The second kappa shape index (κ2) is 11.1. The minimum Gasteiger partial charge on any atom is -0.490 e. The summed E-state index contributed by atoms with van der Waals surface area (Å²) in [5.74, 6) is 0.0542. The number of carbonyl (C=O) groups excluding carboxylic acids is 1. The maximum Gasteiger partial charge on any atom is 0.338 e. The van der Waals surface area contributed by atoms with Gasteiger partial charge in [0.25, 0.3) is 0 Å². The van der Waals surface area contributed by atoms with E-state index < -0.39 is 11.9 Å². The third-order valence-corrected chi connectivity index (χ3v) is 5.79. The molecule has 33 heavy (non-hydrogen) atoms. The van der Waals surface area contributed by atoms with Crippen LogP contribution < -0.4 is 15.2 Å². The number of nitriles is 1. The van der Waals surface area contributed by atoms with Crippen LogP contribution in [-0.4, -0.2) is 19.2 Å². The van der Waals surface area contributed by atoms with Crippen molar-refractivity contribution in [1.82, 2.24) is 0 Å². The molecule has 7 nitrogen and oxygen atoms in total. The van der Waals surface area contributed by atoms with Gasteiger partial charge in [0.05, 0.1) is 28.3 Å². The van der Waals surface area contributed by atoms with Crippen molar-refractivity contribution in [1.29, 1.82) is 5.26 Å². The number of esters is 1. The summed E-state index contributed by atoms with van der Waals surface area (Å²) in [5, 5.41) is 9.82. The van der Waals surface area contributed by atoms with Crippen molar-refractivity contribution in [3.63, 3.8) is 0 Å². The van der Waals surface area contributed by atoms with E-state index in [9.17, 15) is 10.1 Å². The van der Waals surface area contributed by atoms with E-state index in [1.165, 1.54) is 0 Å². The number of halogens is 1. The zero-order chi connectivity index (χ0) is 24.0. The van der Waals surface area contributed by atoms with Crippen LogP contribution in [0.2, 0.25) is 0 Å². The fraction of sp³-hybridized carbons (Fsp3) is 0.280. The molecular formula is C25H25IN2O5. The van der Waals surface area contributed by atoms with Crippen LogP contribution in [0.15, 0.2) is 65.3 Å². The van der Waals surface area contributed by atoms with Gasteiger partial charge in [0.2, 0.25) is 5.88 Å². The molecule has 172 valence electrons. The Labute approximate surface area is 206 Å². The van der Waals surface area contributed by atoms with E-state index in [1.54, 1.807) is 19.9 Å². The van der Waals surface area contributed by atoms with E-state index in [1.807, 2.05) is 43.3 Å². The molecule has 0 aromatic heterocycles. The molecule has 0 radical (unpaired) electrons. The molecule has 1 aliphatic heterocycles. The second-order valence-corrected chi connectivity index (χ2v) is 8.31. The van der Waals surface area contributed by atoms with Gasteiger partial charge in [-0.15, -0.1) is 0 Å². The smallest absolute Gasteiger partial charge is 0.338 e. The lowest BCUT2D eigenvalue weighted by atomic mass is 9.83. The fourth-order valence-corrected chi connectivity index (χ4v) is 4.36. The summed E-state index contributed by atoms with van der Waals surface area (Å²) in [6.07, 6.45) is 0. The van der Waals surface area contributed by atoms with Crippen molar-refractivity contribution in [3.05, 3.63) is 80.0 Å². The number of carbonyl (C=O) groups is 1. The maximum absolute atomic E-state index is 12.8. The Morgan fingerprint density at radius 3 is 2.55 bits per heavy atom. The standard InChI is InChI=1S/C25H25IN2O5/c1-4-30-20-12-17(11-19(26)23(20)32-14-16-9-7-6-8-10-16)22-18(13-27)24(28)33-15(3)21(22)25(29)31-5-2/h6-12,22H,4-5,14,28H2,1-3H3. The normalized spacial score (nSPS) is 15.5. The number of nitrogens with zero attached hydrogens (tertiary/aromatic N) is 1. The largest absolute Gasteiger partial charge is 0.490 e. The third-order valence-electron chi connectivity index (χ3n) is 4.99. The van der Waals surface area contributed by atoms with E-state index in [4.69, 9.17) is 24.7 Å². The summed E-state index contributed by atoms with van der Waals surface area (Å²) in [7, 11) is 0. The third kappa shape index (κ3) is 5.42. The number of rotatable bonds is 8. The molecule has 0 saturated carbocycles. The molecule has 0 amide bonds. The van der Waals surface area contributed by atoms with Crippen molar-refractivity contribution >= 4 is 28.6 Å². The summed E-state index contributed by atoms with van der Waals surface area (Å²) in [4.78, 5) is 12.8. The Morgan fingerprint density at radius 1 is 1.18 bits per heavy atom. The highest BCUT2D eigenvalue weighted by molar-refractivity contribution is 14.1. The van der Waals surface area contributed by atoms with Crippen molar-refractivity contribution in [2.24, 2.45) is 5.73 Å². The summed E-state index contributed by atoms with van der Waals surface area (Å²) in [6.45, 7) is 6.20. The van der Waals surface area contributed by atoms with Gasteiger partial charge in [-0.25, -0.2) is 4.79 Å². The van der Waals surface area contributed by atoms with Crippen LogP contribution >= 0.6 is 22.6 Å². The van der Waals surface area contributed by atoms with Gasteiger partial charge in [0.15, 0.2) is 11.5 Å². The van der Waals surface area contributed by atoms with E-state index in [0.29, 0.717) is 36.0 Å². The van der Waals surface area contributed by atoms with Gasteiger partial charge < -0.3 is 24.7 Å². The lowest BCUT2D eigenvalue weighted by Gasteiger charge is -2.27. The number of benzene rings is 2. The topological polar surface area (TPSA) is 104 Å². The van der Waals surface area contributed by atoms with E-state index in [2.05, 4.69) is 28.7 Å². The molecule has 1 heterocycles.